The number of ether oxygens (including phenoxy) is 1. The number of alkyl halides is 3. The first-order chi connectivity index (χ1) is 15.3. The molecule has 2 aromatic heterocycles. The monoisotopic (exact) mass is 449 g/mol. The molecule has 0 amide bonds. The van der Waals surface area contributed by atoms with Crippen LogP contribution in [0.15, 0.2) is 51.6 Å². The molecule has 170 valence electrons. The van der Waals surface area contributed by atoms with Gasteiger partial charge in [0.2, 0.25) is 11.7 Å². The third-order valence-electron chi connectivity index (χ3n) is 4.48. The smallest absolute Gasteiger partial charge is 0.416 e. The molecule has 1 unspecified atom stereocenters. The van der Waals surface area contributed by atoms with Gasteiger partial charge >= 0.3 is 6.18 Å². The first-order valence-electron chi connectivity index (χ1n) is 9.79. The summed E-state index contributed by atoms with van der Waals surface area (Å²) in [6.45, 7) is 1.32. The topological polar surface area (TPSA) is 84.8 Å². The molecule has 0 saturated heterocycles. The van der Waals surface area contributed by atoms with E-state index in [4.69, 9.17) is 20.1 Å². The lowest BCUT2D eigenvalue weighted by molar-refractivity contribution is -0.137. The Kier molecular flexibility index (Phi) is 8.05. The van der Waals surface area contributed by atoms with Crippen molar-refractivity contribution in [3.05, 3.63) is 59.9 Å². The van der Waals surface area contributed by atoms with Crippen LogP contribution in [0.1, 0.15) is 17.2 Å². The molecular weight excluding hydrogens is 427 g/mol. The molecule has 0 aliphatic heterocycles. The van der Waals surface area contributed by atoms with Gasteiger partial charge in [-0.1, -0.05) is 23.2 Å². The number of terminal acetylenes is 1. The Bertz CT molecular complexity index is 1010. The van der Waals surface area contributed by atoms with E-state index >= 15 is 0 Å². The zero-order valence-corrected chi connectivity index (χ0v) is 17.1. The predicted molar refractivity (Wildman–Crippen MR) is 108 cm³/mol. The summed E-state index contributed by atoms with van der Waals surface area (Å²) in [6, 6.07) is 8.31. The number of aliphatic hydroxyl groups excluding tert-OH is 1. The van der Waals surface area contributed by atoms with Crippen LogP contribution in [-0.4, -0.2) is 52.6 Å². The number of halogens is 3. The van der Waals surface area contributed by atoms with Crippen molar-refractivity contribution in [1.29, 1.82) is 0 Å². The van der Waals surface area contributed by atoms with Crippen LogP contribution >= 0.6 is 0 Å². The quantitative estimate of drug-likeness (QED) is 0.355. The average molecular weight is 449 g/mol. The van der Waals surface area contributed by atoms with Gasteiger partial charge in [0.15, 0.2) is 0 Å². The van der Waals surface area contributed by atoms with E-state index in [9.17, 15) is 18.3 Å². The zero-order chi connectivity index (χ0) is 23.0. The van der Waals surface area contributed by atoms with Crippen LogP contribution < -0.4 is 0 Å². The normalized spacial score (nSPS) is 12.8. The van der Waals surface area contributed by atoms with Crippen LogP contribution in [0.5, 0.6) is 0 Å². The van der Waals surface area contributed by atoms with Crippen LogP contribution in [0.2, 0.25) is 0 Å². The molecule has 3 rings (SSSR count). The van der Waals surface area contributed by atoms with Crippen molar-refractivity contribution in [2.45, 2.75) is 25.2 Å². The fourth-order valence-corrected chi connectivity index (χ4v) is 3.02. The number of benzene rings is 1. The van der Waals surface area contributed by atoms with Crippen molar-refractivity contribution in [3.63, 3.8) is 0 Å². The lowest BCUT2D eigenvalue weighted by Gasteiger charge is -2.23. The average Bonchev–Trinajstić information content (AvgIpc) is 3.44. The first-order valence-corrected chi connectivity index (χ1v) is 9.79. The molecule has 0 fully saturated rings. The summed E-state index contributed by atoms with van der Waals surface area (Å²) in [7, 11) is 0. The highest BCUT2D eigenvalue weighted by molar-refractivity contribution is 5.55. The molecule has 1 aromatic carbocycles. The maximum Gasteiger partial charge on any atom is 0.416 e. The SMILES string of the molecule is C#CCOCC(O)CN(CCc1nc(-c2cccc(C(F)(F)F)c2)no1)Cc1ccco1. The highest BCUT2D eigenvalue weighted by Crippen LogP contribution is 2.31. The second-order valence-electron chi connectivity index (χ2n) is 7.03. The van der Waals surface area contributed by atoms with E-state index in [1.165, 1.54) is 12.1 Å². The third-order valence-corrected chi connectivity index (χ3v) is 4.48. The van der Waals surface area contributed by atoms with Gasteiger partial charge in [0.25, 0.3) is 0 Å². The predicted octanol–water partition coefficient (Wildman–Crippen LogP) is 3.40. The number of aliphatic hydroxyl groups is 1. The molecule has 2 heterocycles. The highest BCUT2D eigenvalue weighted by atomic mass is 19.4. The molecule has 1 N–H and O–H groups in total. The van der Waals surface area contributed by atoms with Crippen molar-refractivity contribution in [3.8, 4) is 23.7 Å². The summed E-state index contributed by atoms with van der Waals surface area (Å²) >= 11 is 0. The van der Waals surface area contributed by atoms with E-state index in [2.05, 4.69) is 16.1 Å². The Hall–Kier alpha value is -3.13. The summed E-state index contributed by atoms with van der Waals surface area (Å²) in [6.07, 6.45) is 1.78. The van der Waals surface area contributed by atoms with E-state index in [0.717, 1.165) is 12.1 Å². The Balaban J connectivity index is 1.63. The Labute approximate surface area is 182 Å². The molecule has 0 aliphatic carbocycles. The summed E-state index contributed by atoms with van der Waals surface area (Å²) in [5.74, 6) is 3.38. The fourth-order valence-electron chi connectivity index (χ4n) is 3.02. The lowest BCUT2D eigenvalue weighted by Crippen LogP contribution is -2.36. The number of rotatable bonds is 11. The molecule has 0 spiro atoms. The van der Waals surface area contributed by atoms with Crippen molar-refractivity contribution < 1.29 is 32.0 Å². The molecular formula is C22H22F3N3O4. The number of furan rings is 1. The summed E-state index contributed by atoms with van der Waals surface area (Å²) < 4.78 is 54.6. The molecule has 0 aliphatic rings. The van der Waals surface area contributed by atoms with Gasteiger partial charge in [-0.2, -0.15) is 18.2 Å². The van der Waals surface area contributed by atoms with Gasteiger partial charge in [-0.25, -0.2) is 0 Å². The summed E-state index contributed by atoms with van der Waals surface area (Å²) in [5.41, 5.74) is -0.574. The Morgan fingerprint density at radius 3 is 2.81 bits per heavy atom. The van der Waals surface area contributed by atoms with E-state index in [1.54, 1.807) is 12.3 Å². The van der Waals surface area contributed by atoms with Gasteiger partial charge in [0.05, 0.1) is 31.1 Å². The van der Waals surface area contributed by atoms with E-state index < -0.39 is 17.8 Å². The Morgan fingerprint density at radius 1 is 1.25 bits per heavy atom. The van der Waals surface area contributed by atoms with Crippen molar-refractivity contribution in [2.24, 2.45) is 0 Å². The number of hydrogen-bond acceptors (Lipinski definition) is 7. The second-order valence-corrected chi connectivity index (χ2v) is 7.03. The lowest BCUT2D eigenvalue weighted by atomic mass is 10.1. The molecule has 1 atom stereocenters. The maximum absolute atomic E-state index is 12.9. The minimum atomic E-state index is -4.46. The molecule has 0 radical (unpaired) electrons. The minimum Gasteiger partial charge on any atom is -0.468 e. The van der Waals surface area contributed by atoms with Gasteiger partial charge in [-0.15, -0.1) is 6.42 Å². The van der Waals surface area contributed by atoms with Crippen LogP contribution in [-0.2, 0) is 23.9 Å². The van der Waals surface area contributed by atoms with Crippen LogP contribution in [0.3, 0.4) is 0 Å². The minimum absolute atomic E-state index is 0.0754. The summed E-state index contributed by atoms with van der Waals surface area (Å²) in [5, 5.41) is 14.0. The Morgan fingerprint density at radius 2 is 2.09 bits per heavy atom. The summed E-state index contributed by atoms with van der Waals surface area (Å²) in [4.78, 5) is 6.12. The molecule has 32 heavy (non-hydrogen) atoms. The largest absolute Gasteiger partial charge is 0.468 e. The number of aromatic nitrogens is 2. The fraction of sp³-hybridized carbons (Fsp3) is 0.364. The van der Waals surface area contributed by atoms with Gasteiger partial charge in [-0.05, 0) is 24.3 Å². The van der Waals surface area contributed by atoms with Crippen molar-refractivity contribution in [1.82, 2.24) is 15.0 Å². The standard InChI is InChI=1S/C22H22F3N3O4/c1-2-10-30-15-18(29)13-28(14-19-7-4-11-31-19)9-8-20-26-21(27-32-20)16-5-3-6-17(12-16)22(23,24)25/h1,3-7,11-12,18,29H,8-10,13-15H2. The van der Waals surface area contributed by atoms with Crippen LogP contribution in [0.25, 0.3) is 11.4 Å². The highest BCUT2D eigenvalue weighted by Gasteiger charge is 2.30. The van der Waals surface area contributed by atoms with Crippen LogP contribution in [0.4, 0.5) is 13.2 Å². The molecule has 10 heteroatoms. The van der Waals surface area contributed by atoms with E-state index in [0.29, 0.717) is 25.3 Å². The van der Waals surface area contributed by atoms with Gasteiger partial charge < -0.3 is 18.8 Å². The van der Waals surface area contributed by atoms with E-state index in [-0.39, 0.29) is 37.0 Å². The van der Waals surface area contributed by atoms with Crippen molar-refractivity contribution >= 4 is 0 Å². The molecule has 0 saturated carbocycles. The number of nitrogens with zero attached hydrogens (tertiary/aromatic N) is 3. The van der Waals surface area contributed by atoms with Crippen molar-refractivity contribution in [2.75, 3.05) is 26.3 Å². The maximum atomic E-state index is 12.9. The number of hydrogen-bond donors (Lipinski definition) is 1. The van der Waals surface area contributed by atoms with Gasteiger partial charge in [0, 0.05) is 25.1 Å². The molecule has 7 nitrogen and oxygen atoms in total. The van der Waals surface area contributed by atoms with E-state index in [1.807, 2.05) is 11.0 Å². The second kappa shape index (κ2) is 10.9. The van der Waals surface area contributed by atoms with Gasteiger partial charge in [-0.3, -0.25) is 4.90 Å². The van der Waals surface area contributed by atoms with Gasteiger partial charge in [0.1, 0.15) is 12.4 Å². The third kappa shape index (κ3) is 6.95. The molecule has 3 aromatic rings. The zero-order valence-electron chi connectivity index (χ0n) is 17.1. The van der Waals surface area contributed by atoms with Crippen LogP contribution in [0, 0.1) is 12.3 Å². The first kappa shape index (κ1) is 23.5. The molecule has 0 bridgehead atoms.